The molecule has 0 aliphatic heterocycles. The van der Waals surface area contributed by atoms with Gasteiger partial charge in [-0.05, 0) is 30.3 Å². The Labute approximate surface area is 127 Å². The molecule has 0 bridgehead atoms. The fraction of sp³-hybridized carbons (Fsp3) is 0.125. The summed E-state index contributed by atoms with van der Waals surface area (Å²) in [6.07, 6.45) is 4.41. The molecule has 0 aliphatic carbocycles. The number of carbonyl (C=O) groups is 2. The molecule has 0 atom stereocenters. The zero-order valence-corrected chi connectivity index (χ0v) is 12.3. The lowest BCUT2D eigenvalue weighted by Crippen LogP contribution is -2.13. The second-order valence-electron chi connectivity index (χ2n) is 4.43. The summed E-state index contributed by atoms with van der Waals surface area (Å²) in [5.41, 5.74) is 0.941. The van der Waals surface area contributed by atoms with Crippen LogP contribution in [0.1, 0.15) is 12.7 Å². The molecule has 0 saturated heterocycles. The molecule has 0 spiro atoms. The molecule has 0 saturated carbocycles. The zero-order chi connectivity index (χ0) is 15.9. The summed E-state index contributed by atoms with van der Waals surface area (Å²) in [6.45, 7) is 1.40. The van der Waals surface area contributed by atoms with Crippen molar-refractivity contribution >= 4 is 29.3 Å². The molecule has 2 rings (SSSR count). The monoisotopic (exact) mass is 300 g/mol. The topological polar surface area (TPSA) is 80.6 Å². The molecule has 1 heterocycles. The van der Waals surface area contributed by atoms with Crippen LogP contribution in [-0.4, -0.2) is 18.9 Å². The molecule has 114 valence electrons. The number of methoxy groups -OCH3 is 1. The molecule has 0 aliphatic rings. The van der Waals surface area contributed by atoms with Crippen molar-refractivity contribution in [1.29, 1.82) is 0 Å². The van der Waals surface area contributed by atoms with E-state index in [2.05, 4.69) is 10.6 Å². The van der Waals surface area contributed by atoms with E-state index in [1.807, 2.05) is 0 Å². The van der Waals surface area contributed by atoms with Gasteiger partial charge in [0.15, 0.2) is 0 Å². The Balaban J connectivity index is 2.15. The van der Waals surface area contributed by atoms with Crippen LogP contribution >= 0.6 is 0 Å². The van der Waals surface area contributed by atoms with Gasteiger partial charge in [-0.25, -0.2) is 0 Å². The Bertz CT molecular complexity index is 690. The van der Waals surface area contributed by atoms with Gasteiger partial charge < -0.3 is 19.8 Å². The second kappa shape index (κ2) is 7.12. The zero-order valence-electron chi connectivity index (χ0n) is 12.3. The molecule has 2 N–H and O–H groups in total. The van der Waals surface area contributed by atoms with Gasteiger partial charge in [-0.1, -0.05) is 0 Å². The molecule has 1 aromatic carbocycles. The molecule has 0 radical (unpaired) electrons. The third-order valence-corrected chi connectivity index (χ3v) is 2.74. The second-order valence-corrected chi connectivity index (χ2v) is 4.43. The highest BCUT2D eigenvalue weighted by Gasteiger charge is 2.08. The van der Waals surface area contributed by atoms with Gasteiger partial charge in [-0.2, -0.15) is 0 Å². The highest BCUT2D eigenvalue weighted by atomic mass is 16.5. The quantitative estimate of drug-likeness (QED) is 0.832. The van der Waals surface area contributed by atoms with Crippen LogP contribution in [0.25, 0.3) is 6.08 Å². The number of anilines is 2. The summed E-state index contributed by atoms with van der Waals surface area (Å²) in [7, 11) is 1.52. The Kier molecular flexibility index (Phi) is 4.98. The Morgan fingerprint density at radius 3 is 2.64 bits per heavy atom. The summed E-state index contributed by atoms with van der Waals surface area (Å²) in [5.74, 6) is 0.561. The first-order valence-corrected chi connectivity index (χ1v) is 6.56. The summed E-state index contributed by atoms with van der Waals surface area (Å²) >= 11 is 0. The van der Waals surface area contributed by atoms with Crippen molar-refractivity contribution in [2.45, 2.75) is 6.92 Å². The minimum atomic E-state index is -0.351. The summed E-state index contributed by atoms with van der Waals surface area (Å²) in [4.78, 5) is 23.2. The van der Waals surface area contributed by atoms with Crippen LogP contribution in [0.4, 0.5) is 11.4 Å². The predicted molar refractivity (Wildman–Crippen MR) is 83.7 cm³/mol. The van der Waals surface area contributed by atoms with E-state index in [-0.39, 0.29) is 11.8 Å². The third-order valence-electron chi connectivity index (χ3n) is 2.74. The molecule has 6 nitrogen and oxygen atoms in total. The van der Waals surface area contributed by atoms with E-state index < -0.39 is 0 Å². The van der Waals surface area contributed by atoms with Gasteiger partial charge in [0.25, 0.3) is 0 Å². The van der Waals surface area contributed by atoms with Gasteiger partial charge in [0.1, 0.15) is 11.5 Å². The maximum absolute atomic E-state index is 12.0. The van der Waals surface area contributed by atoms with E-state index in [0.717, 1.165) is 0 Å². The Hall–Kier alpha value is -3.02. The molecule has 22 heavy (non-hydrogen) atoms. The SMILES string of the molecule is COc1ccc(NC(C)=O)c(NC(=O)/C=C/c2ccco2)c1. The number of benzene rings is 1. The summed E-state index contributed by atoms with van der Waals surface area (Å²) < 4.78 is 10.2. The smallest absolute Gasteiger partial charge is 0.248 e. The number of furan rings is 1. The maximum Gasteiger partial charge on any atom is 0.248 e. The van der Waals surface area contributed by atoms with Crippen molar-refractivity contribution in [3.8, 4) is 5.75 Å². The number of carbonyl (C=O) groups excluding carboxylic acids is 2. The Morgan fingerprint density at radius 1 is 1.18 bits per heavy atom. The van der Waals surface area contributed by atoms with Gasteiger partial charge in [0.2, 0.25) is 11.8 Å². The maximum atomic E-state index is 12.0. The Morgan fingerprint density at radius 2 is 2.00 bits per heavy atom. The molecule has 0 unspecified atom stereocenters. The van der Waals surface area contributed by atoms with Crippen LogP contribution in [0.3, 0.4) is 0 Å². The largest absolute Gasteiger partial charge is 0.497 e. The number of hydrogen-bond donors (Lipinski definition) is 2. The average Bonchev–Trinajstić information content (AvgIpc) is 3.00. The van der Waals surface area contributed by atoms with E-state index in [1.165, 1.54) is 26.4 Å². The predicted octanol–water partition coefficient (Wildman–Crippen LogP) is 2.90. The molecule has 0 fully saturated rings. The fourth-order valence-corrected chi connectivity index (χ4v) is 1.77. The summed E-state index contributed by atoms with van der Waals surface area (Å²) in [5, 5.41) is 5.34. The first-order valence-electron chi connectivity index (χ1n) is 6.56. The van der Waals surface area contributed by atoms with Gasteiger partial charge in [-0.15, -0.1) is 0 Å². The van der Waals surface area contributed by atoms with E-state index in [1.54, 1.807) is 36.4 Å². The molecular formula is C16H16N2O4. The lowest BCUT2D eigenvalue weighted by Gasteiger charge is -2.12. The standard InChI is InChI=1S/C16H16N2O4/c1-11(19)17-14-7-5-13(21-2)10-15(14)18-16(20)8-6-12-4-3-9-22-12/h3-10H,1-2H3,(H,17,19)(H,18,20)/b8-6+. The first-order chi connectivity index (χ1) is 10.6. The van der Waals surface area contributed by atoms with Crippen LogP contribution in [0.15, 0.2) is 47.1 Å². The van der Waals surface area contributed by atoms with Crippen molar-refractivity contribution in [3.05, 3.63) is 48.4 Å². The minimum absolute atomic E-state index is 0.230. The van der Waals surface area contributed by atoms with E-state index in [9.17, 15) is 9.59 Å². The molecular weight excluding hydrogens is 284 g/mol. The summed E-state index contributed by atoms with van der Waals surface area (Å²) in [6, 6.07) is 8.45. The number of nitrogens with one attached hydrogen (secondary N) is 2. The number of rotatable bonds is 5. The van der Waals surface area contributed by atoms with Crippen molar-refractivity contribution in [2.75, 3.05) is 17.7 Å². The highest BCUT2D eigenvalue weighted by molar-refractivity contribution is 6.05. The average molecular weight is 300 g/mol. The normalized spacial score (nSPS) is 10.5. The minimum Gasteiger partial charge on any atom is -0.497 e. The first kappa shape index (κ1) is 15.4. The van der Waals surface area contributed by atoms with Crippen molar-refractivity contribution in [3.63, 3.8) is 0 Å². The van der Waals surface area contributed by atoms with Crippen LogP contribution < -0.4 is 15.4 Å². The number of ether oxygens (including phenoxy) is 1. The van der Waals surface area contributed by atoms with Crippen LogP contribution in [0.2, 0.25) is 0 Å². The number of hydrogen-bond acceptors (Lipinski definition) is 4. The van der Waals surface area contributed by atoms with Gasteiger partial charge in [-0.3, -0.25) is 9.59 Å². The molecule has 2 amide bonds. The van der Waals surface area contributed by atoms with E-state index in [4.69, 9.17) is 9.15 Å². The van der Waals surface area contributed by atoms with E-state index >= 15 is 0 Å². The lowest BCUT2D eigenvalue weighted by molar-refractivity contribution is -0.114. The highest BCUT2D eigenvalue weighted by Crippen LogP contribution is 2.27. The number of amides is 2. The van der Waals surface area contributed by atoms with Gasteiger partial charge in [0, 0.05) is 19.1 Å². The molecule has 1 aromatic heterocycles. The van der Waals surface area contributed by atoms with Crippen molar-refractivity contribution in [1.82, 2.24) is 0 Å². The lowest BCUT2D eigenvalue weighted by atomic mass is 10.2. The third kappa shape index (κ3) is 4.24. The fourth-order valence-electron chi connectivity index (χ4n) is 1.77. The van der Waals surface area contributed by atoms with E-state index in [0.29, 0.717) is 22.9 Å². The van der Waals surface area contributed by atoms with Gasteiger partial charge in [0.05, 0.1) is 24.7 Å². The van der Waals surface area contributed by atoms with Crippen molar-refractivity contribution < 1.29 is 18.7 Å². The van der Waals surface area contributed by atoms with Crippen LogP contribution in [0.5, 0.6) is 5.75 Å². The van der Waals surface area contributed by atoms with Crippen LogP contribution in [-0.2, 0) is 9.59 Å². The van der Waals surface area contributed by atoms with Crippen molar-refractivity contribution in [2.24, 2.45) is 0 Å². The molecule has 6 heteroatoms. The molecule has 2 aromatic rings. The van der Waals surface area contributed by atoms with Crippen LogP contribution in [0, 0.1) is 0 Å². The van der Waals surface area contributed by atoms with Gasteiger partial charge >= 0.3 is 0 Å².